The first-order chi connectivity index (χ1) is 21.9. The minimum absolute atomic E-state index is 0.000531. The van der Waals surface area contributed by atoms with E-state index in [1.165, 1.54) is 13.0 Å². The number of hydrogen-bond acceptors (Lipinski definition) is 8. The number of esters is 2. The zero-order chi connectivity index (χ0) is 33.7. The summed E-state index contributed by atoms with van der Waals surface area (Å²) < 4.78 is 16.1. The maximum Gasteiger partial charge on any atom is 0.407 e. The van der Waals surface area contributed by atoms with E-state index in [1.807, 2.05) is 36.4 Å². The largest absolute Gasteiger partial charge is 0.460 e. The Morgan fingerprint density at radius 1 is 0.848 bits per heavy atom. The first-order valence-corrected chi connectivity index (χ1v) is 15.5. The lowest BCUT2D eigenvalue weighted by Crippen LogP contribution is -2.44. The second-order valence-corrected chi connectivity index (χ2v) is 12.1. The van der Waals surface area contributed by atoms with Crippen LogP contribution in [0.1, 0.15) is 76.8 Å². The summed E-state index contributed by atoms with van der Waals surface area (Å²) in [6.45, 7) is 10.4. The van der Waals surface area contributed by atoms with Crippen molar-refractivity contribution in [3.05, 3.63) is 72.3 Å². The Labute approximate surface area is 270 Å². The molecule has 0 aromatic heterocycles. The van der Waals surface area contributed by atoms with Gasteiger partial charge in [0.2, 0.25) is 11.8 Å². The van der Waals surface area contributed by atoms with Crippen LogP contribution < -0.4 is 16.0 Å². The first-order valence-electron chi connectivity index (χ1n) is 15.5. The lowest BCUT2D eigenvalue weighted by Gasteiger charge is -2.24. The Balaban J connectivity index is 1.46. The number of hydrogen-bond donors (Lipinski definition) is 3. The summed E-state index contributed by atoms with van der Waals surface area (Å²) in [6.07, 6.45) is 2.07. The highest BCUT2D eigenvalue weighted by atomic mass is 16.6. The molecule has 1 aliphatic rings. The number of rotatable bonds is 16. The monoisotopic (exact) mass is 635 g/mol. The Bertz CT molecular complexity index is 1350. The van der Waals surface area contributed by atoms with Gasteiger partial charge in [-0.05, 0) is 68.7 Å². The standard InChI is InChI=1S/C35H45N3O8/c1-6-21-44-32(41)29(17-11-12-20-36-31(40)19-18-30(37-23(2)39)33(42)46-35(3,4)5)38-34(43)45-22-28-26-15-9-7-13-24(26)25-14-8-10-16-27(25)28/h6-10,13-16,28-30H,1,11-12,17-22H2,2-5H3,(H,36,40)(H,37,39)(H,38,43)/t29-,30+/m1/s1. The van der Waals surface area contributed by atoms with Crippen LogP contribution in [0.3, 0.4) is 0 Å². The van der Waals surface area contributed by atoms with Gasteiger partial charge in [0.05, 0.1) is 0 Å². The van der Waals surface area contributed by atoms with Gasteiger partial charge >= 0.3 is 18.0 Å². The number of carbonyl (C=O) groups excluding carboxylic acids is 5. The van der Waals surface area contributed by atoms with Crippen molar-refractivity contribution >= 4 is 29.8 Å². The first kappa shape index (κ1) is 35.8. The summed E-state index contributed by atoms with van der Waals surface area (Å²) in [5, 5.41) is 7.95. The zero-order valence-electron chi connectivity index (χ0n) is 27.1. The molecule has 0 bridgehead atoms. The SMILES string of the molecule is C=CCOC(=O)[C@@H](CCCCNC(=O)CC[C@H](NC(C)=O)C(=O)OC(C)(C)C)NC(=O)OCC1c2ccccc2-c2ccccc21. The summed E-state index contributed by atoms with van der Waals surface area (Å²) in [5.41, 5.74) is 3.65. The van der Waals surface area contributed by atoms with Crippen molar-refractivity contribution in [1.29, 1.82) is 0 Å². The normalized spacial score (nSPS) is 13.3. The summed E-state index contributed by atoms with van der Waals surface area (Å²) in [5.74, 6) is -2.02. The molecule has 2 aromatic rings. The van der Waals surface area contributed by atoms with Gasteiger partial charge in [-0.25, -0.2) is 14.4 Å². The molecule has 2 aromatic carbocycles. The average molecular weight is 636 g/mol. The predicted molar refractivity (Wildman–Crippen MR) is 173 cm³/mol. The van der Waals surface area contributed by atoms with E-state index in [-0.39, 0.29) is 44.3 Å². The number of alkyl carbamates (subject to hydrolysis) is 1. The molecule has 0 fully saturated rings. The molecule has 0 radical (unpaired) electrons. The number of carbonyl (C=O) groups is 5. The van der Waals surface area contributed by atoms with E-state index >= 15 is 0 Å². The van der Waals surface area contributed by atoms with Crippen LogP contribution in [0.2, 0.25) is 0 Å². The number of nitrogens with one attached hydrogen (secondary N) is 3. The number of unbranched alkanes of at least 4 members (excludes halogenated alkanes) is 1. The molecule has 0 saturated carbocycles. The summed E-state index contributed by atoms with van der Waals surface area (Å²) in [4.78, 5) is 61.9. The van der Waals surface area contributed by atoms with Crippen molar-refractivity contribution in [2.45, 2.75) is 83.4 Å². The van der Waals surface area contributed by atoms with E-state index in [0.29, 0.717) is 19.4 Å². The molecular weight excluding hydrogens is 590 g/mol. The smallest absolute Gasteiger partial charge is 0.407 e. The average Bonchev–Trinajstić information content (AvgIpc) is 3.32. The zero-order valence-corrected chi connectivity index (χ0v) is 27.1. The molecule has 0 saturated heterocycles. The highest BCUT2D eigenvalue weighted by Gasteiger charge is 2.30. The van der Waals surface area contributed by atoms with Crippen LogP contribution in [0, 0.1) is 0 Å². The number of ether oxygens (including phenoxy) is 3. The fourth-order valence-electron chi connectivity index (χ4n) is 5.21. The van der Waals surface area contributed by atoms with E-state index in [1.54, 1.807) is 20.8 Å². The van der Waals surface area contributed by atoms with Gasteiger partial charge < -0.3 is 30.2 Å². The number of benzene rings is 2. The third kappa shape index (κ3) is 11.0. The Kier molecular flexibility index (Phi) is 13.3. The van der Waals surface area contributed by atoms with Crippen LogP contribution in [0.25, 0.3) is 11.1 Å². The molecule has 3 amide bonds. The van der Waals surface area contributed by atoms with E-state index < -0.39 is 41.6 Å². The van der Waals surface area contributed by atoms with Crippen LogP contribution in [0.15, 0.2) is 61.2 Å². The topological polar surface area (TPSA) is 149 Å². The molecule has 11 heteroatoms. The minimum atomic E-state index is -0.946. The maximum atomic E-state index is 12.8. The highest BCUT2D eigenvalue weighted by molar-refractivity contribution is 5.85. The van der Waals surface area contributed by atoms with E-state index in [2.05, 4.69) is 34.7 Å². The van der Waals surface area contributed by atoms with E-state index in [9.17, 15) is 24.0 Å². The highest BCUT2D eigenvalue weighted by Crippen LogP contribution is 2.44. The van der Waals surface area contributed by atoms with Crippen LogP contribution in [0.4, 0.5) is 4.79 Å². The van der Waals surface area contributed by atoms with Gasteiger partial charge in [0.1, 0.15) is 30.9 Å². The maximum absolute atomic E-state index is 12.8. The van der Waals surface area contributed by atoms with Gasteiger partial charge in [-0.15, -0.1) is 0 Å². The van der Waals surface area contributed by atoms with Crippen LogP contribution in [-0.4, -0.2) is 67.3 Å². The second kappa shape index (κ2) is 17.1. The summed E-state index contributed by atoms with van der Waals surface area (Å²) in [6, 6.07) is 14.1. The van der Waals surface area contributed by atoms with Gasteiger partial charge in [0.25, 0.3) is 0 Å². The minimum Gasteiger partial charge on any atom is -0.460 e. The third-order valence-electron chi connectivity index (χ3n) is 7.23. The molecule has 0 heterocycles. The van der Waals surface area contributed by atoms with Crippen molar-refractivity contribution in [2.75, 3.05) is 19.8 Å². The van der Waals surface area contributed by atoms with E-state index in [4.69, 9.17) is 14.2 Å². The van der Waals surface area contributed by atoms with Crippen molar-refractivity contribution < 1.29 is 38.2 Å². The number of fused-ring (bicyclic) bond motifs is 3. The van der Waals surface area contributed by atoms with Crippen LogP contribution >= 0.6 is 0 Å². The number of amides is 3. The third-order valence-corrected chi connectivity index (χ3v) is 7.23. The van der Waals surface area contributed by atoms with Gasteiger partial charge in [-0.3, -0.25) is 9.59 Å². The molecule has 0 spiro atoms. The molecule has 248 valence electrons. The quantitative estimate of drug-likeness (QED) is 0.105. The molecular formula is C35H45N3O8. The molecule has 2 atom stereocenters. The second-order valence-electron chi connectivity index (χ2n) is 12.1. The molecule has 46 heavy (non-hydrogen) atoms. The fourth-order valence-corrected chi connectivity index (χ4v) is 5.21. The van der Waals surface area contributed by atoms with Crippen LogP contribution in [0.5, 0.6) is 0 Å². The molecule has 3 N–H and O–H groups in total. The van der Waals surface area contributed by atoms with Crippen molar-refractivity contribution in [1.82, 2.24) is 16.0 Å². The van der Waals surface area contributed by atoms with Crippen molar-refractivity contribution in [3.8, 4) is 11.1 Å². The lowest BCUT2D eigenvalue weighted by atomic mass is 9.98. The van der Waals surface area contributed by atoms with Crippen LogP contribution in [-0.2, 0) is 33.4 Å². The lowest BCUT2D eigenvalue weighted by molar-refractivity contribution is -0.158. The van der Waals surface area contributed by atoms with Gasteiger partial charge in [-0.1, -0.05) is 61.2 Å². The predicted octanol–water partition coefficient (Wildman–Crippen LogP) is 4.54. The van der Waals surface area contributed by atoms with E-state index in [0.717, 1.165) is 22.3 Å². The Morgan fingerprint density at radius 3 is 2.04 bits per heavy atom. The molecule has 0 unspecified atom stereocenters. The van der Waals surface area contributed by atoms with Crippen molar-refractivity contribution in [3.63, 3.8) is 0 Å². The molecule has 3 rings (SSSR count). The molecule has 11 nitrogen and oxygen atoms in total. The van der Waals surface area contributed by atoms with Gasteiger partial charge in [0, 0.05) is 25.8 Å². The van der Waals surface area contributed by atoms with Gasteiger partial charge in [0.15, 0.2) is 0 Å². The molecule has 1 aliphatic carbocycles. The summed E-state index contributed by atoms with van der Waals surface area (Å²) in [7, 11) is 0. The van der Waals surface area contributed by atoms with Crippen molar-refractivity contribution in [2.24, 2.45) is 0 Å². The Hall–Kier alpha value is -4.67. The van der Waals surface area contributed by atoms with Gasteiger partial charge in [-0.2, -0.15) is 0 Å². The molecule has 0 aliphatic heterocycles. The fraction of sp³-hybridized carbons (Fsp3) is 0.457. The Morgan fingerprint density at radius 2 is 1.46 bits per heavy atom. The summed E-state index contributed by atoms with van der Waals surface area (Å²) >= 11 is 0.